The summed E-state index contributed by atoms with van der Waals surface area (Å²) in [6.07, 6.45) is 8.65. The fourth-order valence-electron chi connectivity index (χ4n) is 4.10. The minimum absolute atomic E-state index is 0.170. The first-order valence-electron chi connectivity index (χ1n) is 10.5. The molecule has 1 saturated heterocycles. The zero-order valence-electron chi connectivity index (χ0n) is 17.4. The molecule has 1 aromatic carbocycles. The Morgan fingerprint density at radius 3 is 2.90 bits per heavy atom. The number of anilines is 1. The fraction of sp³-hybridized carbons (Fsp3) is 0.364. The number of carbonyl (C=O) groups excluding carboxylic acids is 1. The molecule has 1 atom stereocenters. The Kier molecular flexibility index (Phi) is 5.52. The average molecular weight is 436 g/mol. The van der Waals surface area contributed by atoms with Crippen molar-refractivity contribution in [3.05, 3.63) is 42.9 Å². The van der Waals surface area contributed by atoms with Gasteiger partial charge in [0.05, 0.1) is 16.4 Å². The van der Waals surface area contributed by atoms with Crippen molar-refractivity contribution in [2.45, 2.75) is 13.3 Å². The molecule has 5 rings (SSSR count). The highest BCUT2D eigenvalue weighted by molar-refractivity contribution is 7.22. The van der Waals surface area contributed by atoms with Gasteiger partial charge in [0.25, 0.3) is 0 Å². The molecule has 4 heterocycles. The molecule has 0 saturated carbocycles. The van der Waals surface area contributed by atoms with E-state index >= 15 is 0 Å². The van der Waals surface area contributed by atoms with Crippen molar-refractivity contribution in [2.24, 2.45) is 10.9 Å². The smallest absolute Gasteiger partial charge is 0.219 e. The van der Waals surface area contributed by atoms with Gasteiger partial charge in [0.2, 0.25) is 5.91 Å². The third kappa shape index (κ3) is 4.52. The predicted molar refractivity (Wildman–Crippen MR) is 124 cm³/mol. The number of thiazole rings is 1. The van der Waals surface area contributed by atoms with Gasteiger partial charge < -0.3 is 10.2 Å². The van der Waals surface area contributed by atoms with Gasteiger partial charge in [-0.05, 0) is 23.6 Å². The maximum absolute atomic E-state index is 11.5. The first kappa shape index (κ1) is 19.9. The number of amides is 1. The zero-order chi connectivity index (χ0) is 21.2. The number of piperazine rings is 1. The third-order valence-corrected chi connectivity index (χ3v) is 6.76. The van der Waals surface area contributed by atoms with Gasteiger partial charge in [-0.3, -0.25) is 14.8 Å². The normalized spacial score (nSPS) is 19.6. The van der Waals surface area contributed by atoms with E-state index in [9.17, 15) is 4.79 Å². The van der Waals surface area contributed by atoms with Crippen LogP contribution in [0.1, 0.15) is 13.3 Å². The maximum Gasteiger partial charge on any atom is 0.219 e. The summed E-state index contributed by atoms with van der Waals surface area (Å²) < 4.78 is 1.13. The van der Waals surface area contributed by atoms with Crippen LogP contribution in [-0.4, -0.2) is 69.4 Å². The summed E-state index contributed by atoms with van der Waals surface area (Å²) >= 11 is 1.64. The van der Waals surface area contributed by atoms with Crippen molar-refractivity contribution >= 4 is 38.4 Å². The highest BCUT2D eigenvalue weighted by Crippen LogP contribution is 2.30. The molecule has 2 aliphatic rings. The van der Waals surface area contributed by atoms with Gasteiger partial charge in [0.1, 0.15) is 5.84 Å². The molecule has 8 nitrogen and oxygen atoms in total. The maximum atomic E-state index is 11.5. The Morgan fingerprint density at radius 1 is 1.26 bits per heavy atom. The third-order valence-electron chi connectivity index (χ3n) is 5.83. The number of fused-ring (bicyclic) bond motifs is 1. The van der Waals surface area contributed by atoms with Crippen molar-refractivity contribution in [3.8, 4) is 11.1 Å². The van der Waals surface area contributed by atoms with Crippen LogP contribution in [0, 0.1) is 5.92 Å². The summed E-state index contributed by atoms with van der Waals surface area (Å²) in [6.45, 7) is 6.13. The van der Waals surface area contributed by atoms with E-state index in [-0.39, 0.29) is 5.91 Å². The summed E-state index contributed by atoms with van der Waals surface area (Å²) in [5.74, 6) is 1.53. The number of nitrogens with zero attached hydrogens (tertiary/aromatic N) is 5. The number of hydrogen-bond acceptors (Lipinski definition) is 7. The minimum atomic E-state index is 0.170. The monoisotopic (exact) mass is 435 g/mol. The second kappa shape index (κ2) is 8.60. The molecule has 31 heavy (non-hydrogen) atoms. The Morgan fingerprint density at radius 2 is 2.13 bits per heavy atom. The van der Waals surface area contributed by atoms with Crippen LogP contribution in [0.4, 0.5) is 5.13 Å². The van der Waals surface area contributed by atoms with E-state index < -0.39 is 0 Å². The van der Waals surface area contributed by atoms with E-state index in [1.54, 1.807) is 18.3 Å². The van der Waals surface area contributed by atoms with Crippen molar-refractivity contribution in [3.63, 3.8) is 0 Å². The lowest BCUT2D eigenvalue weighted by Gasteiger charge is -2.35. The van der Waals surface area contributed by atoms with Crippen LogP contribution < -0.4 is 5.32 Å². The molecule has 9 heteroatoms. The molecule has 160 valence electrons. The Hall–Kier alpha value is -3.04. The van der Waals surface area contributed by atoms with Crippen LogP contribution in [0.25, 0.3) is 21.3 Å². The largest absolute Gasteiger partial charge is 0.340 e. The number of hydrogen-bond donors (Lipinski definition) is 2. The number of aromatic amines is 1. The van der Waals surface area contributed by atoms with Crippen LogP contribution >= 0.6 is 11.3 Å². The van der Waals surface area contributed by atoms with Gasteiger partial charge >= 0.3 is 0 Å². The van der Waals surface area contributed by atoms with Crippen LogP contribution in [0.5, 0.6) is 0 Å². The van der Waals surface area contributed by atoms with Gasteiger partial charge in [0, 0.05) is 64.0 Å². The van der Waals surface area contributed by atoms with Gasteiger partial charge in [-0.2, -0.15) is 5.10 Å². The van der Waals surface area contributed by atoms with Gasteiger partial charge in [0.15, 0.2) is 5.13 Å². The van der Waals surface area contributed by atoms with E-state index in [4.69, 9.17) is 4.98 Å². The van der Waals surface area contributed by atoms with Crippen molar-refractivity contribution in [2.75, 3.05) is 38.0 Å². The molecule has 2 N–H and O–H groups in total. The predicted octanol–water partition coefficient (Wildman–Crippen LogP) is 3.19. The van der Waals surface area contributed by atoms with Crippen molar-refractivity contribution in [1.82, 2.24) is 25.0 Å². The van der Waals surface area contributed by atoms with Crippen LogP contribution in [0.2, 0.25) is 0 Å². The lowest BCUT2D eigenvalue weighted by molar-refractivity contribution is -0.130. The summed E-state index contributed by atoms with van der Waals surface area (Å²) in [5.41, 5.74) is 3.17. The van der Waals surface area contributed by atoms with Gasteiger partial charge in [-0.25, -0.2) is 9.98 Å². The fourth-order valence-corrected chi connectivity index (χ4v) is 5.02. The molecule has 1 amide bonds. The Bertz CT molecular complexity index is 1130. The second-order valence-electron chi connectivity index (χ2n) is 8.00. The quantitative estimate of drug-likeness (QED) is 0.657. The second-order valence-corrected chi connectivity index (χ2v) is 9.03. The van der Waals surface area contributed by atoms with Gasteiger partial charge in [-0.1, -0.05) is 23.5 Å². The summed E-state index contributed by atoms with van der Waals surface area (Å²) in [7, 11) is 0. The summed E-state index contributed by atoms with van der Waals surface area (Å²) in [4.78, 5) is 25.1. The molecule has 1 fully saturated rings. The lowest BCUT2D eigenvalue weighted by Crippen LogP contribution is -2.49. The molecule has 3 aromatic rings. The molecule has 2 aliphatic heterocycles. The number of nitrogens with one attached hydrogen (secondary N) is 2. The molecule has 0 aliphatic carbocycles. The van der Waals surface area contributed by atoms with E-state index in [1.165, 1.54) is 0 Å². The van der Waals surface area contributed by atoms with Crippen LogP contribution in [-0.2, 0) is 4.79 Å². The van der Waals surface area contributed by atoms with E-state index in [0.29, 0.717) is 5.92 Å². The number of benzene rings is 1. The summed E-state index contributed by atoms with van der Waals surface area (Å²) in [5, 5.41) is 11.2. The zero-order valence-corrected chi connectivity index (χ0v) is 18.2. The highest BCUT2D eigenvalue weighted by Gasteiger charge is 2.22. The first-order chi connectivity index (χ1) is 15.1. The molecule has 0 bridgehead atoms. The number of aliphatic imine (C=N–C) groups is 1. The van der Waals surface area contributed by atoms with E-state index in [2.05, 4.69) is 43.6 Å². The SMILES string of the molecule is CC(=O)N1CCN(CC2C=CN=C(Nc3nc4ccc(-c5cn[nH]c5)cc4s3)C2)CC1. The molecular weight excluding hydrogens is 410 g/mol. The summed E-state index contributed by atoms with van der Waals surface area (Å²) in [6, 6.07) is 6.26. The molecule has 2 aromatic heterocycles. The number of carbonyl (C=O) groups is 1. The Labute approximate surface area is 184 Å². The van der Waals surface area contributed by atoms with Crippen molar-refractivity contribution < 1.29 is 4.79 Å². The standard InChI is InChI=1S/C22H25N7OS/c1-15(30)29-8-6-28(7-9-29)14-16-4-5-23-21(10-16)27-22-26-19-3-2-17(11-20(19)31-22)18-12-24-25-13-18/h2-5,11-13,16H,6-10,14H2,1H3,(H,24,25)(H,23,26,27). The van der Waals surface area contributed by atoms with Gasteiger partial charge in [-0.15, -0.1) is 0 Å². The topological polar surface area (TPSA) is 89.5 Å². The number of amidine groups is 1. The molecule has 0 spiro atoms. The minimum Gasteiger partial charge on any atom is -0.340 e. The number of H-pyrrole nitrogens is 1. The van der Waals surface area contributed by atoms with Crippen LogP contribution in [0.15, 0.2) is 47.9 Å². The molecule has 1 unspecified atom stereocenters. The number of rotatable bonds is 4. The first-order valence-corrected chi connectivity index (χ1v) is 11.3. The molecule has 0 radical (unpaired) electrons. The highest BCUT2D eigenvalue weighted by atomic mass is 32.1. The van der Waals surface area contributed by atoms with Crippen LogP contribution in [0.3, 0.4) is 0 Å². The lowest BCUT2D eigenvalue weighted by atomic mass is 10.0. The van der Waals surface area contributed by atoms with E-state index in [1.807, 2.05) is 29.6 Å². The molecular formula is C22H25N7OS. The van der Waals surface area contributed by atoms with E-state index in [0.717, 1.165) is 71.5 Å². The Balaban J connectivity index is 1.20. The number of aromatic nitrogens is 3. The van der Waals surface area contributed by atoms with Crippen molar-refractivity contribution in [1.29, 1.82) is 0 Å². The average Bonchev–Trinajstić information content (AvgIpc) is 3.43.